The molecule has 4 heteroatoms. The van der Waals surface area contributed by atoms with E-state index in [-0.39, 0.29) is 11.8 Å². The number of rotatable bonds is 8. The lowest BCUT2D eigenvalue weighted by molar-refractivity contribution is -0.121. The van der Waals surface area contributed by atoms with Crippen LogP contribution in [0.3, 0.4) is 0 Å². The summed E-state index contributed by atoms with van der Waals surface area (Å²) in [4.78, 5) is 25.2. The van der Waals surface area contributed by atoms with E-state index in [1.807, 2.05) is 31.2 Å². The fourth-order valence-electron chi connectivity index (χ4n) is 2.17. The van der Waals surface area contributed by atoms with Crippen molar-refractivity contribution in [1.82, 2.24) is 5.32 Å². The second-order valence-corrected chi connectivity index (χ2v) is 5.32. The Morgan fingerprint density at radius 2 is 2.00 bits per heavy atom. The molecule has 4 nitrogen and oxygen atoms in total. The van der Waals surface area contributed by atoms with Crippen LogP contribution in [0.2, 0.25) is 0 Å². The molecule has 0 aromatic heterocycles. The highest BCUT2D eigenvalue weighted by molar-refractivity contribution is 5.92. The van der Waals surface area contributed by atoms with Gasteiger partial charge in [0.15, 0.2) is 0 Å². The van der Waals surface area contributed by atoms with Gasteiger partial charge in [0.05, 0.1) is 0 Å². The molecule has 0 saturated heterocycles. The molecule has 0 unspecified atom stereocenters. The molecule has 0 spiro atoms. The summed E-state index contributed by atoms with van der Waals surface area (Å²) in [5, 5.41) is 2.90. The van der Waals surface area contributed by atoms with Crippen LogP contribution in [0.15, 0.2) is 24.3 Å². The van der Waals surface area contributed by atoms with Crippen molar-refractivity contribution < 1.29 is 9.59 Å². The van der Waals surface area contributed by atoms with Gasteiger partial charge in [0.2, 0.25) is 11.8 Å². The summed E-state index contributed by atoms with van der Waals surface area (Å²) in [6.07, 6.45) is 3.61. The Bertz CT molecular complexity index is 472. The largest absolute Gasteiger partial charge is 0.356 e. The lowest BCUT2D eigenvalue weighted by atomic mass is 10.2. The summed E-state index contributed by atoms with van der Waals surface area (Å²) in [5.41, 5.74) is 1.95. The van der Waals surface area contributed by atoms with E-state index in [1.165, 1.54) is 6.92 Å². The first kappa shape index (κ1) is 17.2. The number of carbonyl (C=O) groups is 2. The van der Waals surface area contributed by atoms with E-state index in [9.17, 15) is 9.59 Å². The van der Waals surface area contributed by atoms with Crippen molar-refractivity contribution in [3.05, 3.63) is 29.8 Å². The highest BCUT2D eigenvalue weighted by atomic mass is 16.2. The number of benzene rings is 1. The van der Waals surface area contributed by atoms with E-state index in [0.29, 0.717) is 13.0 Å². The number of carbonyl (C=O) groups excluding carboxylic acids is 2. The molecule has 0 heterocycles. The molecule has 0 radical (unpaired) electrons. The van der Waals surface area contributed by atoms with Crippen molar-refractivity contribution >= 4 is 17.5 Å². The van der Waals surface area contributed by atoms with Crippen LogP contribution in [0.5, 0.6) is 0 Å². The molecular formula is C17H26N2O2. The highest BCUT2D eigenvalue weighted by Gasteiger charge is 2.13. The van der Waals surface area contributed by atoms with Gasteiger partial charge < -0.3 is 10.2 Å². The Hall–Kier alpha value is -1.84. The fourth-order valence-corrected chi connectivity index (χ4v) is 2.17. The van der Waals surface area contributed by atoms with Crippen LogP contribution in [0.25, 0.3) is 0 Å². The summed E-state index contributed by atoms with van der Waals surface area (Å²) >= 11 is 0. The number of aryl methyl sites for hydroxylation is 1. The normalized spacial score (nSPS) is 10.2. The van der Waals surface area contributed by atoms with E-state index in [0.717, 1.165) is 37.1 Å². The molecular weight excluding hydrogens is 264 g/mol. The predicted molar refractivity (Wildman–Crippen MR) is 86.4 cm³/mol. The topological polar surface area (TPSA) is 49.4 Å². The summed E-state index contributed by atoms with van der Waals surface area (Å²) in [6.45, 7) is 6.79. The van der Waals surface area contributed by atoms with Gasteiger partial charge in [-0.25, -0.2) is 0 Å². The molecule has 0 aliphatic heterocycles. The number of hydrogen-bond donors (Lipinski definition) is 1. The maximum Gasteiger partial charge on any atom is 0.223 e. The zero-order chi connectivity index (χ0) is 15.7. The second-order valence-electron chi connectivity index (χ2n) is 5.32. The molecule has 0 bridgehead atoms. The number of amides is 2. The first-order valence-electron chi connectivity index (χ1n) is 7.66. The van der Waals surface area contributed by atoms with Crippen LogP contribution in [-0.2, 0) is 9.59 Å². The third-order valence-electron chi connectivity index (χ3n) is 3.36. The van der Waals surface area contributed by atoms with Crippen molar-refractivity contribution in [3.8, 4) is 0 Å². The number of nitrogens with one attached hydrogen (secondary N) is 1. The van der Waals surface area contributed by atoms with Crippen molar-refractivity contribution in [2.24, 2.45) is 0 Å². The van der Waals surface area contributed by atoms with Crippen LogP contribution in [0.1, 0.15) is 45.1 Å². The molecule has 0 saturated carbocycles. The number of nitrogens with zero attached hydrogens (tertiary/aromatic N) is 1. The number of hydrogen-bond acceptors (Lipinski definition) is 2. The lowest BCUT2D eigenvalue weighted by Gasteiger charge is -2.21. The minimum absolute atomic E-state index is 0.00464. The van der Waals surface area contributed by atoms with Crippen molar-refractivity contribution in [2.45, 2.75) is 46.5 Å². The van der Waals surface area contributed by atoms with Crippen LogP contribution in [-0.4, -0.2) is 24.9 Å². The third kappa shape index (κ3) is 6.43. The van der Waals surface area contributed by atoms with Crippen LogP contribution >= 0.6 is 0 Å². The predicted octanol–water partition coefficient (Wildman–Crippen LogP) is 3.04. The van der Waals surface area contributed by atoms with Crippen LogP contribution in [0, 0.1) is 6.92 Å². The zero-order valence-electron chi connectivity index (χ0n) is 13.3. The first-order valence-corrected chi connectivity index (χ1v) is 7.66. The van der Waals surface area contributed by atoms with E-state index >= 15 is 0 Å². The monoisotopic (exact) mass is 290 g/mol. The SMILES string of the molecule is CCCCCNC(=O)CCN(C(C)=O)c1cccc(C)c1. The molecule has 1 aromatic carbocycles. The van der Waals surface area contributed by atoms with Gasteiger partial charge in [-0.05, 0) is 31.0 Å². The average molecular weight is 290 g/mol. The molecule has 1 N–H and O–H groups in total. The van der Waals surface area contributed by atoms with Crippen molar-refractivity contribution in [2.75, 3.05) is 18.0 Å². The third-order valence-corrected chi connectivity index (χ3v) is 3.36. The van der Waals surface area contributed by atoms with Gasteiger partial charge in [0.1, 0.15) is 0 Å². The molecule has 1 rings (SSSR count). The van der Waals surface area contributed by atoms with Crippen molar-refractivity contribution in [3.63, 3.8) is 0 Å². The number of unbranched alkanes of at least 4 members (excludes halogenated alkanes) is 2. The minimum Gasteiger partial charge on any atom is -0.356 e. The fraction of sp³-hybridized carbons (Fsp3) is 0.529. The van der Waals surface area contributed by atoms with Gasteiger partial charge in [-0.1, -0.05) is 31.9 Å². The second kappa shape index (κ2) is 9.16. The minimum atomic E-state index is -0.0422. The molecule has 2 amide bonds. The molecule has 21 heavy (non-hydrogen) atoms. The molecule has 116 valence electrons. The van der Waals surface area contributed by atoms with Gasteiger partial charge in [0, 0.05) is 32.1 Å². The van der Waals surface area contributed by atoms with Crippen molar-refractivity contribution in [1.29, 1.82) is 0 Å². The molecule has 1 aromatic rings. The Kier molecular flexibility index (Phi) is 7.51. The summed E-state index contributed by atoms with van der Waals surface area (Å²) in [7, 11) is 0. The van der Waals surface area contributed by atoms with Crippen LogP contribution in [0.4, 0.5) is 5.69 Å². The van der Waals surface area contributed by atoms with E-state index in [2.05, 4.69) is 12.2 Å². The average Bonchev–Trinajstić information content (AvgIpc) is 2.43. The zero-order valence-corrected chi connectivity index (χ0v) is 13.3. The van der Waals surface area contributed by atoms with E-state index < -0.39 is 0 Å². The standard InChI is InChI=1S/C17H26N2O2/c1-4-5-6-11-18-17(21)10-12-19(15(3)20)16-9-7-8-14(2)13-16/h7-9,13H,4-6,10-12H2,1-3H3,(H,18,21). The smallest absolute Gasteiger partial charge is 0.223 e. The summed E-state index contributed by atoms with van der Waals surface area (Å²) in [5.74, 6) is -0.0376. The van der Waals surface area contributed by atoms with Gasteiger partial charge in [0.25, 0.3) is 0 Å². The lowest BCUT2D eigenvalue weighted by Crippen LogP contribution is -2.34. The van der Waals surface area contributed by atoms with Gasteiger partial charge in [-0.3, -0.25) is 9.59 Å². The van der Waals surface area contributed by atoms with Gasteiger partial charge >= 0.3 is 0 Å². The number of anilines is 1. The maximum absolute atomic E-state index is 11.8. The quantitative estimate of drug-likeness (QED) is 0.748. The first-order chi connectivity index (χ1) is 10.0. The van der Waals surface area contributed by atoms with Gasteiger partial charge in [-0.2, -0.15) is 0 Å². The van der Waals surface area contributed by atoms with E-state index in [1.54, 1.807) is 4.90 Å². The van der Waals surface area contributed by atoms with E-state index in [4.69, 9.17) is 0 Å². The summed E-state index contributed by atoms with van der Waals surface area (Å²) in [6, 6.07) is 7.77. The van der Waals surface area contributed by atoms with Gasteiger partial charge in [-0.15, -0.1) is 0 Å². The van der Waals surface area contributed by atoms with Crippen LogP contribution < -0.4 is 10.2 Å². The Balaban J connectivity index is 2.49. The summed E-state index contributed by atoms with van der Waals surface area (Å²) < 4.78 is 0. The Morgan fingerprint density at radius 1 is 1.24 bits per heavy atom. The molecule has 0 atom stereocenters. The molecule has 0 fully saturated rings. The highest BCUT2D eigenvalue weighted by Crippen LogP contribution is 2.16. The Labute approximate surface area is 127 Å². The molecule has 0 aliphatic rings. The Morgan fingerprint density at radius 3 is 2.62 bits per heavy atom. The maximum atomic E-state index is 11.8. The molecule has 0 aliphatic carbocycles.